The number of nitrogens with zero attached hydrogens (tertiary/aromatic N) is 2. The van der Waals surface area contributed by atoms with Gasteiger partial charge in [0, 0.05) is 10.8 Å². The average Bonchev–Trinajstić information content (AvgIpc) is 2.83. The Labute approximate surface area is 110 Å². The van der Waals surface area contributed by atoms with E-state index < -0.39 is 0 Å². The fourth-order valence-corrected chi connectivity index (χ4v) is 4.61. The molecule has 0 aliphatic heterocycles. The summed E-state index contributed by atoms with van der Waals surface area (Å²) in [6, 6.07) is 0. The summed E-state index contributed by atoms with van der Waals surface area (Å²) in [6.07, 6.45) is 4.47. The summed E-state index contributed by atoms with van der Waals surface area (Å²) < 4.78 is 1.04. The van der Waals surface area contributed by atoms with E-state index in [4.69, 9.17) is 0 Å². The van der Waals surface area contributed by atoms with Crippen LogP contribution >= 0.6 is 23.1 Å². The van der Waals surface area contributed by atoms with Crippen molar-refractivity contribution in [2.24, 2.45) is 0 Å². The highest BCUT2D eigenvalue weighted by Crippen LogP contribution is 2.38. The van der Waals surface area contributed by atoms with Crippen molar-refractivity contribution < 1.29 is 5.11 Å². The van der Waals surface area contributed by atoms with Gasteiger partial charge in [-0.1, -0.05) is 36.4 Å². The topological polar surface area (TPSA) is 58.0 Å². The van der Waals surface area contributed by atoms with E-state index in [0.29, 0.717) is 5.25 Å². The molecular weight excluding hydrogens is 254 g/mol. The molecule has 0 spiro atoms. The molecule has 1 aliphatic rings. The minimum absolute atomic E-state index is 0.0741. The standard InChI is InChI=1S/C11H19N3OS2/c1-2-12-11(7-15)5-3-4-9(6-11)17-10-14-13-8-16-10/h8-9,12,15H,2-7H2,1H3. The van der Waals surface area contributed by atoms with Crippen LogP contribution in [-0.2, 0) is 0 Å². The molecule has 1 aromatic heterocycles. The highest BCUT2D eigenvalue weighted by atomic mass is 32.2. The molecule has 0 saturated heterocycles. The van der Waals surface area contributed by atoms with Crippen LogP contribution in [0.2, 0.25) is 0 Å². The Morgan fingerprint density at radius 1 is 1.71 bits per heavy atom. The minimum atomic E-state index is -0.0741. The van der Waals surface area contributed by atoms with Gasteiger partial charge in [0.15, 0.2) is 4.34 Å². The second-order valence-electron chi connectivity index (χ2n) is 4.51. The summed E-state index contributed by atoms with van der Waals surface area (Å²) in [7, 11) is 0. The molecule has 96 valence electrons. The first-order valence-corrected chi connectivity index (χ1v) is 7.82. The van der Waals surface area contributed by atoms with Gasteiger partial charge >= 0.3 is 0 Å². The van der Waals surface area contributed by atoms with Crippen LogP contribution in [-0.4, -0.2) is 39.2 Å². The fraction of sp³-hybridized carbons (Fsp3) is 0.818. The third-order valence-electron chi connectivity index (χ3n) is 3.26. The maximum Gasteiger partial charge on any atom is 0.174 e. The second-order valence-corrected chi connectivity index (χ2v) is 6.89. The number of likely N-dealkylation sites (N-methyl/N-ethyl adjacent to an activating group) is 1. The van der Waals surface area contributed by atoms with E-state index in [1.807, 2.05) is 11.8 Å². The highest BCUT2D eigenvalue weighted by Gasteiger charge is 2.35. The van der Waals surface area contributed by atoms with Gasteiger partial charge in [-0.25, -0.2) is 0 Å². The molecule has 1 heterocycles. The van der Waals surface area contributed by atoms with Crippen LogP contribution in [0.4, 0.5) is 0 Å². The summed E-state index contributed by atoms with van der Waals surface area (Å²) >= 11 is 3.40. The van der Waals surface area contributed by atoms with Gasteiger partial charge in [-0.2, -0.15) is 0 Å². The Kier molecular flexibility index (Phi) is 4.78. The predicted octanol–water partition coefficient (Wildman–Crippen LogP) is 1.91. The Bertz CT molecular complexity index is 329. The zero-order valence-corrected chi connectivity index (χ0v) is 11.7. The molecule has 1 aliphatic carbocycles. The van der Waals surface area contributed by atoms with Crippen LogP contribution < -0.4 is 5.32 Å². The maximum absolute atomic E-state index is 9.62. The highest BCUT2D eigenvalue weighted by molar-refractivity contribution is 8.01. The van der Waals surface area contributed by atoms with Crippen LogP contribution in [0.15, 0.2) is 9.85 Å². The Morgan fingerprint density at radius 2 is 2.59 bits per heavy atom. The van der Waals surface area contributed by atoms with Crippen LogP contribution in [0, 0.1) is 0 Å². The molecule has 1 saturated carbocycles. The van der Waals surface area contributed by atoms with Gasteiger partial charge < -0.3 is 10.4 Å². The molecule has 1 fully saturated rings. The van der Waals surface area contributed by atoms with E-state index in [0.717, 1.165) is 23.7 Å². The van der Waals surface area contributed by atoms with Crippen molar-refractivity contribution >= 4 is 23.1 Å². The first kappa shape index (κ1) is 13.3. The maximum atomic E-state index is 9.62. The molecule has 1 aromatic rings. The van der Waals surface area contributed by atoms with Gasteiger partial charge in [0.05, 0.1) is 6.61 Å². The fourth-order valence-electron chi connectivity index (χ4n) is 2.50. The van der Waals surface area contributed by atoms with E-state index in [-0.39, 0.29) is 12.1 Å². The zero-order chi connectivity index (χ0) is 12.1. The van der Waals surface area contributed by atoms with E-state index in [2.05, 4.69) is 22.4 Å². The molecule has 0 bridgehead atoms. The predicted molar refractivity (Wildman–Crippen MR) is 71.5 cm³/mol. The van der Waals surface area contributed by atoms with Crippen LogP contribution in [0.3, 0.4) is 0 Å². The summed E-state index contributed by atoms with van der Waals surface area (Å²) in [5.41, 5.74) is 1.70. The lowest BCUT2D eigenvalue weighted by Crippen LogP contribution is -2.52. The summed E-state index contributed by atoms with van der Waals surface area (Å²) in [5.74, 6) is 0. The molecule has 17 heavy (non-hydrogen) atoms. The molecule has 2 unspecified atom stereocenters. The van der Waals surface area contributed by atoms with Crippen molar-refractivity contribution in [1.29, 1.82) is 0 Å². The zero-order valence-electron chi connectivity index (χ0n) is 10.1. The van der Waals surface area contributed by atoms with E-state index in [1.165, 1.54) is 12.8 Å². The molecule has 6 heteroatoms. The number of aliphatic hydroxyl groups excluding tert-OH is 1. The number of hydrogen-bond donors (Lipinski definition) is 2. The summed E-state index contributed by atoms with van der Waals surface area (Å²) in [6.45, 7) is 3.24. The van der Waals surface area contributed by atoms with Crippen molar-refractivity contribution in [1.82, 2.24) is 15.5 Å². The number of aliphatic hydroxyl groups is 1. The number of rotatable bonds is 5. The van der Waals surface area contributed by atoms with Crippen molar-refractivity contribution in [3.05, 3.63) is 5.51 Å². The number of aromatic nitrogens is 2. The lowest BCUT2D eigenvalue weighted by atomic mass is 9.82. The van der Waals surface area contributed by atoms with Crippen LogP contribution in [0.5, 0.6) is 0 Å². The lowest BCUT2D eigenvalue weighted by molar-refractivity contribution is 0.125. The number of hydrogen-bond acceptors (Lipinski definition) is 6. The minimum Gasteiger partial charge on any atom is -0.394 e. The van der Waals surface area contributed by atoms with Crippen LogP contribution in [0.25, 0.3) is 0 Å². The monoisotopic (exact) mass is 273 g/mol. The summed E-state index contributed by atoms with van der Waals surface area (Å²) in [5, 5.41) is 21.6. The Hall–Kier alpha value is -0.170. The molecule has 4 nitrogen and oxygen atoms in total. The average molecular weight is 273 g/mol. The first-order chi connectivity index (χ1) is 8.28. The second kappa shape index (κ2) is 6.13. The van der Waals surface area contributed by atoms with E-state index >= 15 is 0 Å². The number of thioether (sulfide) groups is 1. The van der Waals surface area contributed by atoms with Gasteiger partial charge in [-0.15, -0.1) is 10.2 Å². The molecule has 2 rings (SSSR count). The Balaban J connectivity index is 1.96. The SMILES string of the molecule is CCNC1(CO)CCCC(Sc2nncs2)C1. The molecule has 2 N–H and O–H groups in total. The van der Waals surface area contributed by atoms with E-state index in [9.17, 15) is 5.11 Å². The molecule has 2 atom stereocenters. The van der Waals surface area contributed by atoms with Crippen molar-refractivity contribution in [2.45, 2.75) is 47.7 Å². The van der Waals surface area contributed by atoms with Gasteiger partial charge in [0.1, 0.15) is 5.51 Å². The molecule has 0 aromatic carbocycles. The number of nitrogens with one attached hydrogen (secondary N) is 1. The van der Waals surface area contributed by atoms with Crippen molar-refractivity contribution in [3.8, 4) is 0 Å². The summed E-state index contributed by atoms with van der Waals surface area (Å²) in [4.78, 5) is 0. The molecule has 0 amide bonds. The third-order valence-corrected chi connectivity index (χ3v) is 5.34. The smallest absolute Gasteiger partial charge is 0.174 e. The quantitative estimate of drug-likeness (QED) is 0.858. The third kappa shape index (κ3) is 3.40. The lowest BCUT2D eigenvalue weighted by Gasteiger charge is -2.39. The largest absolute Gasteiger partial charge is 0.394 e. The van der Waals surface area contributed by atoms with Gasteiger partial charge in [-0.05, 0) is 25.8 Å². The van der Waals surface area contributed by atoms with E-state index in [1.54, 1.807) is 16.8 Å². The molecule has 0 radical (unpaired) electrons. The first-order valence-electron chi connectivity index (χ1n) is 6.07. The van der Waals surface area contributed by atoms with Gasteiger partial charge in [0.2, 0.25) is 0 Å². The normalized spacial score (nSPS) is 29.4. The Morgan fingerprint density at radius 3 is 3.24 bits per heavy atom. The van der Waals surface area contributed by atoms with Crippen molar-refractivity contribution in [3.63, 3.8) is 0 Å². The molecular formula is C11H19N3OS2. The van der Waals surface area contributed by atoms with Gasteiger partial charge in [0.25, 0.3) is 0 Å². The van der Waals surface area contributed by atoms with Gasteiger partial charge in [-0.3, -0.25) is 0 Å². The van der Waals surface area contributed by atoms with Crippen molar-refractivity contribution in [2.75, 3.05) is 13.2 Å². The van der Waals surface area contributed by atoms with Crippen LogP contribution in [0.1, 0.15) is 32.6 Å².